The average Bonchev–Trinajstić information content (AvgIpc) is 2.22. The minimum atomic E-state index is -0.494. The molecule has 1 aromatic rings. The van der Waals surface area contributed by atoms with Crippen molar-refractivity contribution in [3.63, 3.8) is 0 Å². The lowest BCUT2D eigenvalue weighted by molar-refractivity contribution is 0.352. The summed E-state index contributed by atoms with van der Waals surface area (Å²) in [6.45, 7) is 7.37. The topological polar surface area (TPSA) is 0 Å². The Morgan fingerprint density at radius 2 is 2.21 bits per heavy atom. The van der Waals surface area contributed by atoms with Crippen LogP contribution in [0.5, 0.6) is 0 Å². The van der Waals surface area contributed by atoms with E-state index in [4.69, 9.17) is 0 Å². The Morgan fingerprint density at radius 1 is 1.50 bits per heavy atom. The zero-order valence-corrected chi connectivity index (χ0v) is 8.89. The molecule has 0 fully saturated rings. The van der Waals surface area contributed by atoms with Crippen LogP contribution in [0.25, 0.3) is 0 Å². The molecular formula is C13H17F. The number of hydrogen-bond acceptors (Lipinski definition) is 0. The summed E-state index contributed by atoms with van der Waals surface area (Å²) >= 11 is 0. The first kappa shape index (κ1) is 11.0. The summed E-state index contributed by atoms with van der Waals surface area (Å²) in [6, 6.07) is 7.99. The number of rotatable bonds is 4. The summed E-state index contributed by atoms with van der Waals surface area (Å²) < 4.78 is 13.1. The van der Waals surface area contributed by atoms with Gasteiger partial charge in [0.1, 0.15) is 6.67 Å². The van der Waals surface area contributed by atoms with Crippen LogP contribution < -0.4 is 0 Å². The number of aryl methyl sites for hydroxylation is 1. The summed E-state index contributed by atoms with van der Waals surface area (Å²) in [4.78, 5) is 0. The van der Waals surface area contributed by atoms with Crippen molar-refractivity contribution < 1.29 is 4.39 Å². The molecule has 0 aliphatic heterocycles. The second-order valence-electron chi connectivity index (χ2n) is 3.72. The van der Waals surface area contributed by atoms with Gasteiger partial charge < -0.3 is 0 Å². The Balaban J connectivity index is 3.17. The van der Waals surface area contributed by atoms with E-state index in [1.165, 1.54) is 0 Å². The van der Waals surface area contributed by atoms with Crippen molar-refractivity contribution in [1.82, 2.24) is 0 Å². The first-order valence-corrected chi connectivity index (χ1v) is 4.95. The Hall–Kier alpha value is -1.11. The Morgan fingerprint density at radius 3 is 2.64 bits per heavy atom. The minimum Gasteiger partial charge on any atom is -0.250 e. The van der Waals surface area contributed by atoms with Gasteiger partial charge in [0.2, 0.25) is 0 Å². The average molecular weight is 192 g/mol. The SMILES string of the molecule is C=C[C@@](CC)(CF)c1cccc(C)c1. The van der Waals surface area contributed by atoms with Crippen LogP contribution in [0.4, 0.5) is 4.39 Å². The molecule has 0 radical (unpaired) electrons. The highest BCUT2D eigenvalue weighted by Gasteiger charge is 2.26. The fourth-order valence-electron chi connectivity index (χ4n) is 1.65. The van der Waals surface area contributed by atoms with Crippen molar-refractivity contribution in [2.75, 3.05) is 6.67 Å². The fourth-order valence-corrected chi connectivity index (χ4v) is 1.65. The molecule has 1 atom stereocenters. The van der Waals surface area contributed by atoms with Gasteiger partial charge >= 0.3 is 0 Å². The third-order valence-corrected chi connectivity index (χ3v) is 2.85. The summed E-state index contributed by atoms with van der Waals surface area (Å²) in [7, 11) is 0. The molecule has 0 N–H and O–H groups in total. The van der Waals surface area contributed by atoms with E-state index < -0.39 is 5.41 Å². The van der Waals surface area contributed by atoms with E-state index in [0.717, 1.165) is 17.5 Å². The molecule has 0 amide bonds. The number of halogens is 1. The minimum absolute atomic E-state index is 0.379. The second kappa shape index (κ2) is 4.41. The van der Waals surface area contributed by atoms with Crippen molar-refractivity contribution in [2.45, 2.75) is 25.7 Å². The lowest BCUT2D eigenvalue weighted by Crippen LogP contribution is -2.24. The van der Waals surface area contributed by atoms with Crippen LogP contribution in [0.3, 0.4) is 0 Å². The smallest absolute Gasteiger partial charge is 0.102 e. The maximum absolute atomic E-state index is 13.1. The summed E-state index contributed by atoms with van der Waals surface area (Å²) in [6.07, 6.45) is 2.47. The van der Waals surface area contributed by atoms with E-state index in [2.05, 4.69) is 6.58 Å². The van der Waals surface area contributed by atoms with E-state index >= 15 is 0 Å². The van der Waals surface area contributed by atoms with Gasteiger partial charge in [-0.3, -0.25) is 0 Å². The maximum atomic E-state index is 13.1. The highest BCUT2D eigenvalue weighted by atomic mass is 19.1. The number of hydrogen-bond donors (Lipinski definition) is 0. The van der Waals surface area contributed by atoms with E-state index in [0.29, 0.717) is 0 Å². The van der Waals surface area contributed by atoms with Gasteiger partial charge in [0.25, 0.3) is 0 Å². The molecular weight excluding hydrogens is 175 g/mol. The van der Waals surface area contributed by atoms with Gasteiger partial charge in [0.05, 0.1) is 0 Å². The standard InChI is InChI=1S/C13H17F/c1-4-13(5-2,10-14)12-8-6-7-11(3)9-12/h4,6-9H,1,5,10H2,2-3H3/t13-/m1/s1. The number of benzene rings is 1. The van der Waals surface area contributed by atoms with Gasteiger partial charge in [0, 0.05) is 5.41 Å². The van der Waals surface area contributed by atoms with Crippen LogP contribution in [0.2, 0.25) is 0 Å². The van der Waals surface area contributed by atoms with Crippen LogP contribution in [0.1, 0.15) is 24.5 Å². The molecule has 1 rings (SSSR count). The van der Waals surface area contributed by atoms with Crippen LogP contribution >= 0.6 is 0 Å². The number of allylic oxidation sites excluding steroid dienone is 1. The van der Waals surface area contributed by atoms with E-state index in [-0.39, 0.29) is 6.67 Å². The molecule has 0 unspecified atom stereocenters. The van der Waals surface area contributed by atoms with Crippen molar-refractivity contribution in [2.24, 2.45) is 0 Å². The van der Waals surface area contributed by atoms with Gasteiger partial charge in [-0.1, -0.05) is 42.8 Å². The van der Waals surface area contributed by atoms with Gasteiger partial charge in [-0.2, -0.15) is 0 Å². The lowest BCUT2D eigenvalue weighted by Gasteiger charge is -2.26. The molecule has 0 aliphatic rings. The highest BCUT2D eigenvalue weighted by Crippen LogP contribution is 2.30. The van der Waals surface area contributed by atoms with Crippen LogP contribution in [-0.2, 0) is 5.41 Å². The predicted octanol–water partition coefficient (Wildman–Crippen LogP) is 3.80. The van der Waals surface area contributed by atoms with Crippen molar-refractivity contribution in [3.8, 4) is 0 Å². The highest BCUT2D eigenvalue weighted by molar-refractivity contribution is 5.33. The summed E-state index contributed by atoms with van der Waals surface area (Å²) in [5.74, 6) is 0. The van der Waals surface area contributed by atoms with Crippen LogP contribution in [0.15, 0.2) is 36.9 Å². The first-order valence-electron chi connectivity index (χ1n) is 4.95. The predicted molar refractivity (Wildman–Crippen MR) is 59.3 cm³/mol. The molecule has 14 heavy (non-hydrogen) atoms. The molecule has 0 heterocycles. The molecule has 76 valence electrons. The third-order valence-electron chi connectivity index (χ3n) is 2.85. The third kappa shape index (κ3) is 1.87. The zero-order valence-electron chi connectivity index (χ0n) is 8.89. The first-order chi connectivity index (χ1) is 6.68. The maximum Gasteiger partial charge on any atom is 0.102 e. The summed E-state index contributed by atoms with van der Waals surface area (Å²) in [5.41, 5.74) is 1.69. The zero-order chi connectivity index (χ0) is 10.6. The lowest BCUT2D eigenvalue weighted by atomic mass is 9.79. The molecule has 0 saturated heterocycles. The quantitative estimate of drug-likeness (QED) is 0.636. The number of alkyl halides is 1. The van der Waals surface area contributed by atoms with Gasteiger partial charge in [-0.05, 0) is 18.9 Å². The normalized spacial score (nSPS) is 14.8. The molecule has 0 aliphatic carbocycles. The largest absolute Gasteiger partial charge is 0.250 e. The van der Waals surface area contributed by atoms with Crippen molar-refractivity contribution >= 4 is 0 Å². The van der Waals surface area contributed by atoms with Crippen LogP contribution in [-0.4, -0.2) is 6.67 Å². The van der Waals surface area contributed by atoms with Crippen molar-refractivity contribution in [3.05, 3.63) is 48.0 Å². The Bertz CT molecular complexity index is 311. The molecule has 1 aromatic carbocycles. The molecule has 0 spiro atoms. The monoisotopic (exact) mass is 192 g/mol. The second-order valence-corrected chi connectivity index (χ2v) is 3.72. The van der Waals surface area contributed by atoms with E-state index in [1.807, 2.05) is 38.1 Å². The van der Waals surface area contributed by atoms with Crippen LogP contribution in [0, 0.1) is 6.92 Å². The molecule has 0 saturated carbocycles. The van der Waals surface area contributed by atoms with Crippen molar-refractivity contribution in [1.29, 1.82) is 0 Å². The molecule has 0 bridgehead atoms. The van der Waals surface area contributed by atoms with E-state index in [9.17, 15) is 4.39 Å². The summed E-state index contributed by atoms with van der Waals surface area (Å²) in [5, 5.41) is 0. The van der Waals surface area contributed by atoms with Gasteiger partial charge in [0.15, 0.2) is 0 Å². The Labute approximate surface area is 85.5 Å². The van der Waals surface area contributed by atoms with E-state index in [1.54, 1.807) is 6.08 Å². The fraction of sp³-hybridized carbons (Fsp3) is 0.385. The van der Waals surface area contributed by atoms with Gasteiger partial charge in [-0.15, -0.1) is 6.58 Å². The molecule has 0 aromatic heterocycles. The molecule has 0 nitrogen and oxygen atoms in total. The van der Waals surface area contributed by atoms with Gasteiger partial charge in [-0.25, -0.2) is 4.39 Å². The molecule has 1 heteroatoms. The Kier molecular flexibility index (Phi) is 3.45.